The Balaban J connectivity index is 2.02. The van der Waals surface area contributed by atoms with Crippen molar-refractivity contribution in [2.75, 3.05) is 12.3 Å². The molecule has 1 heterocycles. The fourth-order valence-electron chi connectivity index (χ4n) is 1.65. The number of hydrogen-bond donors (Lipinski definition) is 2. The first-order chi connectivity index (χ1) is 7.81. The number of aromatic nitrogens is 2. The predicted molar refractivity (Wildman–Crippen MR) is 65.5 cm³/mol. The zero-order chi connectivity index (χ0) is 11.4. The summed E-state index contributed by atoms with van der Waals surface area (Å²) >= 11 is 0. The van der Waals surface area contributed by atoms with E-state index in [0.29, 0.717) is 5.82 Å². The molecule has 1 aromatic heterocycles. The number of H-pyrrole nitrogens is 1. The number of fused-ring (bicyclic) bond motifs is 1. The molecule has 4 heteroatoms. The number of nitrogens with zero attached hydrogens (tertiary/aromatic N) is 1. The molecule has 4 nitrogen and oxygen atoms in total. The fraction of sp³-hybridized carbons (Fsp3) is 0.417. The Labute approximate surface area is 94.8 Å². The summed E-state index contributed by atoms with van der Waals surface area (Å²) in [5.41, 5.74) is 6.60. The Morgan fingerprint density at radius 1 is 1.38 bits per heavy atom. The lowest BCUT2D eigenvalue weighted by molar-refractivity contribution is 0.306. The summed E-state index contributed by atoms with van der Waals surface area (Å²) in [6, 6.07) is 5.80. The highest BCUT2D eigenvalue weighted by Crippen LogP contribution is 2.22. The molecule has 16 heavy (non-hydrogen) atoms. The lowest BCUT2D eigenvalue weighted by Gasteiger charge is -2.05. The monoisotopic (exact) mass is 219 g/mol. The van der Waals surface area contributed by atoms with Crippen molar-refractivity contribution in [1.29, 1.82) is 0 Å². The molecule has 0 amide bonds. The van der Waals surface area contributed by atoms with Crippen molar-refractivity contribution >= 4 is 16.7 Å². The zero-order valence-corrected chi connectivity index (χ0v) is 9.49. The van der Waals surface area contributed by atoms with Gasteiger partial charge in [-0.25, -0.2) is 0 Å². The van der Waals surface area contributed by atoms with Gasteiger partial charge in [0.25, 0.3) is 0 Å². The second-order valence-electron chi connectivity index (χ2n) is 3.87. The minimum Gasteiger partial charge on any atom is -0.494 e. The van der Waals surface area contributed by atoms with Gasteiger partial charge in [-0.2, -0.15) is 5.10 Å². The Morgan fingerprint density at radius 2 is 2.25 bits per heavy atom. The number of ether oxygens (including phenoxy) is 1. The van der Waals surface area contributed by atoms with Gasteiger partial charge in [0.15, 0.2) is 5.82 Å². The van der Waals surface area contributed by atoms with Crippen LogP contribution in [0.4, 0.5) is 5.82 Å². The number of nitrogens with one attached hydrogen (secondary N) is 1. The molecule has 0 saturated heterocycles. The largest absolute Gasteiger partial charge is 0.494 e. The van der Waals surface area contributed by atoms with Crippen LogP contribution < -0.4 is 10.5 Å². The smallest absolute Gasteiger partial charge is 0.153 e. The zero-order valence-electron chi connectivity index (χ0n) is 9.49. The minimum atomic E-state index is 0.535. The number of anilines is 1. The standard InChI is InChI=1S/C12H17N3O/c1-2-3-4-7-16-9-5-6-10-11(8-9)14-15-12(10)13/h5-6,8H,2-4,7H2,1H3,(H3,13,14,15). The molecule has 0 saturated carbocycles. The molecule has 0 unspecified atom stereocenters. The Hall–Kier alpha value is -1.71. The maximum absolute atomic E-state index is 5.68. The quantitative estimate of drug-likeness (QED) is 0.760. The number of benzene rings is 1. The molecule has 3 N–H and O–H groups in total. The van der Waals surface area contributed by atoms with Crippen LogP contribution in [0.3, 0.4) is 0 Å². The highest BCUT2D eigenvalue weighted by molar-refractivity contribution is 5.89. The van der Waals surface area contributed by atoms with Gasteiger partial charge in [0.2, 0.25) is 0 Å². The topological polar surface area (TPSA) is 63.9 Å². The Kier molecular flexibility index (Phi) is 3.29. The van der Waals surface area contributed by atoms with Crippen molar-refractivity contribution in [3.63, 3.8) is 0 Å². The van der Waals surface area contributed by atoms with Crippen LogP contribution in [-0.4, -0.2) is 16.8 Å². The Morgan fingerprint density at radius 3 is 3.06 bits per heavy atom. The van der Waals surface area contributed by atoms with Crippen molar-refractivity contribution < 1.29 is 4.74 Å². The fourth-order valence-corrected chi connectivity index (χ4v) is 1.65. The van der Waals surface area contributed by atoms with Crippen molar-refractivity contribution in [1.82, 2.24) is 10.2 Å². The maximum Gasteiger partial charge on any atom is 0.153 e. The third-order valence-corrected chi connectivity index (χ3v) is 2.58. The molecule has 2 aromatic rings. The summed E-state index contributed by atoms with van der Waals surface area (Å²) in [6.45, 7) is 2.95. The average Bonchev–Trinajstić information content (AvgIpc) is 2.66. The first kappa shape index (κ1) is 10.8. The van der Waals surface area contributed by atoms with E-state index in [9.17, 15) is 0 Å². The summed E-state index contributed by atoms with van der Waals surface area (Å²) < 4.78 is 5.64. The summed E-state index contributed by atoms with van der Waals surface area (Å²) in [4.78, 5) is 0. The van der Waals surface area contributed by atoms with Crippen LogP contribution in [0.25, 0.3) is 10.9 Å². The average molecular weight is 219 g/mol. The number of nitrogen functional groups attached to an aromatic ring is 1. The molecule has 0 aliphatic carbocycles. The molecule has 0 atom stereocenters. The third kappa shape index (κ3) is 2.27. The molecule has 0 aliphatic heterocycles. The first-order valence-electron chi connectivity index (χ1n) is 5.67. The molecule has 0 radical (unpaired) electrons. The van der Waals surface area contributed by atoms with Gasteiger partial charge in [-0.05, 0) is 18.6 Å². The van der Waals surface area contributed by atoms with E-state index in [-0.39, 0.29) is 0 Å². The molecule has 2 rings (SSSR count). The van der Waals surface area contributed by atoms with Gasteiger partial charge in [0.05, 0.1) is 12.1 Å². The van der Waals surface area contributed by atoms with Gasteiger partial charge in [-0.1, -0.05) is 19.8 Å². The second kappa shape index (κ2) is 4.88. The number of rotatable bonds is 5. The van der Waals surface area contributed by atoms with Gasteiger partial charge in [0, 0.05) is 11.5 Å². The van der Waals surface area contributed by atoms with Gasteiger partial charge < -0.3 is 10.5 Å². The minimum absolute atomic E-state index is 0.535. The van der Waals surface area contributed by atoms with Crippen molar-refractivity contribution in [2.24, 2.45) is 0 Å². The summed E-state index contributed by atoms with van der Waals surface area (Å²) in [5, 5.41) is 7.76. The van der Waals surface area contributed by atoms with E-state index in [1.807, 2.05) is 18.2 Å². The van der Waals surface area contributed by atoms with E-state index in [1.165, 1.54) is 12.8 Å². The van der Waals surface area contributed by atoms with Crippen molar-refractivity contribution in [2.45, 2.75) is 26.2 Å². The van der Waals surface area contributed by atoms with E-state index in [2.05, 4.69) is 17.1 Å². The molecule has 0 fully saturated rings. The highest BCUT2D eigenvalue weighted by Gasteiger charge is 2.03. The van der Waals surface area contributed by atoms with Crippen LogP contribution in [0, 0.1) is 0 Å². The summed E-state index contributed by atoms with van der Waals surface area (Å²) in [6.07, 6.45) is 3.51. The SMILES string of the molecule is CCCCCOc1ccc2c(N)n[nH]c2c1. The highest BCUT2D eigenvalue weighted by atomic mass is 16.5. The number of aromatic amines is 1. The first-order valence-corrected chi connectivity index (χ1v) is 5.67. The summed E-state index contributed by atoms with van der Waals surface area (Å²) in [5.74, 6) is 1.40. The van der Waals surface area contributed by atoms with E-state index in [1.54, 1.807) is 0 Å². The van der Waals surface area contributed by atoms with Crippen LogP contribution >= 0.6 is 0 Å². The van der Waals surface area contributed by atoms with Gasteiger partial charge in [-0.15, -0.1) is 0 Å². The van der Waals surface area contributed by atoms with Crippen LogP contribution in [-0.2, 0) is 0 Å². The van der Waals surface area contributed by atoms with E-state index >= 15 is 0 Å². The van der Waals surface area contributed by atoms with Crippen LogP contribution in [0.5, 0.6) is 5.75 Å². The lowest BCUT2D eigenvalue weighted by atomic mass is 10.2. The normalized spacial score (nSPS) is 10.8. The maximum atomic E-state index is 5.68. The summed E-state index contributed by atoms with van der Waals surface area (Å²) in [7, 11) is 0. The van der Waals surface area contributed by atoms with Crippen molar-refractivity contribution in [3.8, 4) is 5.75 Å². The van der Waals surface area contributed by atoms with E-state index in [0.717, 1.165) is 29.7 Å². The van der Waals surface area contributed by atoms with Gasteiger partial charge in [0.1, 0.15) is 5.75 Å². The molecular formula is C12H17N3O. The number of hydrogen-bond acceptors (Lipinski definition) is 3. The molecular weight excluding hydrogens is 202 g/mol. The second-order valence-corrected chi connectivity index (χ2v) is 3.87. The predicted octanol–water partition coefficient (Wildman–Crippen LogP) is 2.71. The van der Waals surface area contributed by atoms with Crippen LogP contribution in [0.1, 0.15) is 26.2 Å². The molecule has 0 spiro atoms. The molecule has 86 valence electrons. The van der Waals surface area contributed by atoms with Gasteiger partial charge in [-0.3, -0.25) is 5.10 Å². The van der Waals surface area contributed by atoms with Crippen molar-refractivity contribution in [3.05, 3.63) is 18.2 Å². The third-order valence-electron chi connectivity index (χ3n) is 2.58. The Bertz CT molecular complexity index is 464. The number of nitrogens with two attached hydrogens (primary N) is 1. The van der Waals surface area contributed by atoms with Gasteiger partial charge >= 0.3 is 0 Å². The molecule has 0 bridgehead atoms. The lowest BCUT2D eigenvalue weighted by Crippen LogP contribution is -1.96. The van der Waals surface area contributed by atoms with E-state index < -0.39 is 0 Å². The van der Waals surface area contributed by atoms with Crippen LogP contribution in [0.15, 0.2) is 18.2 Å². The van der Waals surface area contributed by atoms with Crippen LogP contribution in [0.2, 0.25) is 0 Å². The van der Waals surface area contributed by atoms with E-state index in [4.69, 9.17) is 10.5 Å². The molecule has 0 aliphatic rings. The molecule has 1 aromatic carbocycles. The number of unbranched alkanes of at least 4 members (excludes halogenated alkanes) is 2.